The Morgan fingerprint density at radius 3 is 2.56 bits per heavy atom. The van der Waals surface area contributed by atoms with E-state index in [1.54, 1.807) is 0 Å². The van der Waals surface area contributed by atoms with Gasteiger partial charge in [-0.1, -0.05) is 19.9 Å². The highest BCUT2D eigenvalue weighted by molar-refractivity contribution is 5.46. The van der Waals surface area contributed by atoms with Crippen LogP contribution in [0.1, 0.15) is 32.3 Å². The molecule has 0 radical (unpaired) electrons. The maximum atomic E-state index is 9.16. The van der Waals surface area contributed by atoms with Crippen LogP contribution in [0, 0.1) is 6.92 Å². The van der Waals surface area contributed by atoms with Gasteiger partial charge in [0.1, 0.15) is 5.82 Å². The van der Waals surface area contributed by atoms with Crippen molar-refractivity contribution in [3.63, 3.8) is 0 Å². The van der Waals surface area contributed by atoms with Gasteiger partial charge in [-0.3, -0.25) is 0 Å². The summed E-state index contributed by atoms with van der Waals surface area (Å²) in [5, 5.41) is 9.16. The molecule has 0 saturated carbocycles. The predicted molar refractivity (Wildman–Crippen MR) is 67.8 cm³/mol. The second-order valence-corrected chi connectivity index (χ2v) is 4.03. The van der Waals surface area contributed by atoms with Gasteiger partial charge in [-0.25, -0.2) is 4.98 Å². The maximum Gasteiger partial charge on any atom is 0.131 e. The molecule has 0 amide bonds. The van der Waals surface area contributed by atoms with Crippen molar-refractivity contribution in [2.75, 3.05) is 18.1 Å². The van der Waals surface area contributed by atoms with Crippen LogP contribution in [-0.2, 0) is 0 Å². The first kappa shape index (κ1) is 13.0. The molecule has 0 spiro atoms. The Labute approximate surface area is 98.1 Å². The zero-order chi connectivity index (χ0) is 12.0. The van der Waals surface area contributed by atoms with E-state index in [9.17, 15) is 0 Å². The van der Waals surface area contributed by atoms with Crippen molar-refractivity contribution in [1.29, 1.82) is 0 Å². The molecule has 3 nitrogen and oxygen atoms in total. The Bertz CT molecular complexity index is 311. The summed E-state index contributed by atoms with van der Waals surface area (Å²) < 4.78 is 0. The molecule has 90 valence electrons. The van der Waals surface area contributed by atoms with Gasteiger partial charge in [0.2, 0.25) is 0 Å². The minimum Gasteiger partial charge on any atom is -0.395 e. The van der Waals surface area contributed by atoms with E-state index >= 15 is 0 Å². The molecule has 0 unspecified atom stereocenters. The van der Waals surface area contributed by atoms with Crippen molar-refractivity contribution >= 4 is 5.82 Å². The third kappa shape index (κ3) is 2.95. The van der Waals surface area contributed by atoms with Gasteiger partial charge in [0, 0.05) is 18.8 Å². The van der Waals surface area contributed by atoms with Gasteiger partial charge in [0.05, 0.1) is 6.61 Å². The van der Waals surface area contributed by atoms with Crippen LogP contribution in [0.3, 0.4) is 0 Å². The van der Waals surface area contributed by atoms with Gasteiger partial charge < -0.3 is 10.0 Å². The molecule has 0 aromatic carbocycles. The fraction of sp³-hybridized carbons (Fsp3) is 0.615. The summed E-state index contributed by atoms with van der Waals surface area (Å²) >= 11 is 0. The van der Waals surface area contributed by atoms with Gasteiger partial charge >= 0.3 is 0 Å². The molecule has 0 saturated heterocycles. The number of aliphatic hydroxyl groups is 1. The average Bonchev–Trinajstić information content (AvgIpc) is 2.30. The highest BCUT2D eigenvalue weighted by Gasteiger charge is 2.17. The summed E-state index contributed by atoms with van der Waals surface area (Å²) in [4.78, 5) is 6.65. The monoisotopic (exact) mass is 222 g/mol. The molecule has 0 aliphatic heterocycles. The Kier molecular flexibility index (Phi) is 5.26. The van der Waals surface area contributed by atoms with E-state index in [0.29, 0.717) is 12.6 Å². The Balaban J connectivity index is 2.97. The minimum absolute atomic E-state index is 0.173. The maximum absolute atomic E-state index is 9.16. The van der Waals surface area contributed by atoms with Crippen molar-refractivity contribution in [2.45, 2.75) is 39.7 Å². The molecule has 1 aromatic rings. The lowest BCUT2D eigenvalue weighted by atomic mass is 10.1. The number of anilines is 1. The summed E-state index contributed by atoms with van der Waals surface area (Å²) in [5.74, 6) is 1.00. The van der Waals surface area contributed by atoms with E-state index in [1.165, 1.54) is 5.56 Å². The van der Waals surface area contributed by atoms with Crippen LogP contribution in [0.15, 0.2) is 18.3 Å². The molecule has 0 aliphatic carbocycles. The quantitative estimate of drug-likeness (QED) is 0.803. The van der Waals surface area contributed by atoms with Crippen LogP contribution >= 0.6 is 0 Å². The number of nitrogens with zero attached hydrogens (tertiary/aromatic N) is 2. The van der Waals surface area contributed by atoms with Crippen LogP contribution < -0.4 is 4.90 Å². The van der Waals surface area contributed by atoms with Crippen molar-refractivity contribution in [3.05, 3.63) is 23.9 Å². The van der Waals surface area contributed by atoms with Crippen molar-refractivity contribution in [3.8, 4) is 0 Å². The third-order valence-corrected chi connectivity index (χ3v) is 2.98. The fourth-order valence-electron chi connectivity index (χ4n) is 2.08. The van der Waals surface area contributed by atoms with E-state index in [2.05, 4.69) is 36.7 Å². The molecule has 0 fully saturated rings. The molecule has 3 heteroatoms. The third-order valence-electron chi connectivity index (χ3n) is 2.98. The van der Waals surface area contributed by atoms with Gasteiger partial charge in [-0.15, -0.1) is 0 Å². The lowest BCUT2D eigenvalue weighted by Crippen LogP contribution is -2.37. The minimum atomic E-state index is 0.173. The van der Waals surface area contributed by atoms with E-state index in [4.69, 9.17) is 5.11 Å². The molecule has 16 heavy (non-hydrogen) atoms. The number of aryl methyl sites for hydroxylation is 1. The summed E-state index contributed by atoms with van der Waals surface area (Å²) in [6.07, 6.45) is 3.97. The van der Waals surface area contributed by atoms with E-state index < -0.39 is 0 Å². The number of rotatable bonds is 6. The lowest BCUT2D eigenvalue weighted by Gasteiger charge is -2.32. The van der Waals surface area contributed by atoms with Crippen LogP contribution in [-0.4, -0.2) is 29.3 Å². The number of aliphatic hydroxyl groups excluding tert-OH is 1. The summed E-state index contributed by atoms with van der Waals surface area (Å²) in [7, 11) is 0. The standard InChI is InChI=1S/C13H22N2O/c1-4-12(5-2)15(9-10-16)13-11(3)7-6-8-14-13/h6-8,12,16H,4-5,9-10H2,1-3H3. The normalized spacial score (nSPS) is 10.8. The second kappa shape index (κ2) is 6.48. The first-order chi connectivity index (χ1) is 7.74. The number of hydrogen-bond donors (Lipinski definition) is 1. The van der Waals surface area contributed by atoms with E-state index in [0.717, 1.165) is 18.7 Å². The Morgan fingerprint density at radius 1 is 1.38 bits per heavy atom. The first-order valence-electron chi connectivity index (χ1n) is 6.03. The van der Waals surface area contributed by atoms with Crippen molar-refractivity contribution in [2.24, 2.45) is 0 Å². The predicted octanol–water partition coefficient (Wildman–Crippen LogP) is 2.38. The molecule has 1 aromatic heterocycles. The first-order valence-corrected chi connectivity index (χ1v) is 6.03. The molecule has 1 N–H and O–H groups in total. The SMILES string of the molecule is CCC(CC)N(CCO)c1ncccc1C. The molecular formula is C13H22N2O. The molecule has 0 atom stereocenters. The van der Waals surface area contributed by atoms with Gasteiger partial charge in [-0.05, 0) is 31.4 Å². The fourth-order valence-corrected chi connectivity index (χ4v) is 2.08. The number of aromatic nitrogens is 1. The zero-order valence-electron chi connectivity index (χ0n) is 10.5. The average molecular weight is 222 g/mol. The smallest absolute Gasteiger partial charge is 0.131 e. The highest BCUT2D eigenvalue weighted by atomic mass is 16.3. The summed E-state index contributed by atoms with van der Waals surface area (Å²) in [6.45, 7) is 7.25. The molecule has 0 aliphatic rings. The Hall–Kier alpha value is -1.09. The van der Waals surface area contributed by atoms with Crippen LogP contribution in [0.5, 0.6) is 0 Å². The highest BCUT2D eigenvalue weighted by Crippen LogP contribution is 2.21. The van der Waals surface area contributed by atoms with Crippen LogP contribution in [0.4, 0.5) is 5.82 Å². The topological polar surface area (TPSA) is 36.4 Å². The Morgan fingerprint density at radius 2 is 2.06 bits per heavy atom. The number of hydrogen-bond acceptors (Lipinski definition) is 3. The lowest BCUT2D eigenvalue weighted by molar-refractivity contribution is 0.295. The van der Waals surface area contributed by atoms with E-state index in [1.807, 2.05) is 12.3 Å². The largest absolute Gasteiger partial charge is 0.395 e. The van der Waals surface area contributed by atoms with Crippen molar-refractivity contribution < 1.29 is 5.11 Å². The second-order valence-electron chi connectivity index (χ2n) is 4.03. The van der Waals surface area contributed by atoms with Crippen LogP contribution in [0.25, 0.3) is 0 Å². The summed E-state index contributed by atoms with van der Waals surface area (Å²) in [5.41, 5.74) is 1.17. The van der Waals surface area contributed by atoms with Crippen molar-refractivity contribution in [1.82, 2.24) is 4.98 Å². The summed E-state index contributed by atoms with van der Waals surface area (Å²) in [6, 6.07) is 4.47. The molecular weight excluding hydrogens is 200 g/mol. The van der Waals surface area contributed by atoms with E-state index in [-0.39, 0.29) is 6.61 Å². The molecule has 1 rings (SSSR count). The number of pyridine rings is 1. The molecule has 1 heterocycles. The molecule has 0 bridgehead atoms. The zero-order valence-corrected chi connectivity index (χ0v) is 10.5. The van der Waals surface area contributed by atoms with Crippen LogP contribution in [0.2, 0.25) is 0 Å². The van der Waals surface area contributed by atoms with Gasteiger partial charge in [0.15, 0.2) is 0 Å². The van der Waals surface area contributed by atoms with Gasteiger partial charge in [0.25, 0.3) is 0 Å². The van der Waals surface area contributed by atoms with Gasteiger partial charge in [-0.2, -0.15) is 0 Å².